The Bertz CT molecular complexity index is 1380. The molecule has 2 aliphatic rings. The molecular weight excluding hydrogens is 472 g/mol. The molecule has 0 aliphatic carbocycles. The molecule has 0 amide bonds. The average Bonchev–Trinajstić information content (AvgIpc) is 3.38. The molecule has 1 atom stereocenters. The standard InChI is InChI=1S/C26H30N8O3/c1-17-30-23(24-26(31-17)34(16-29-24)22-5-3-4-10-37-22)20-13-19(33-8-11-36-12-9-33)15-28-25(20)32-18-6-7-21(35-2)27-14-18/h6-7,13-16,22H,3-5,8-12H2,1-2H3,(H,28,32). The van der Waals surface area contributed by atoms with E-state index in [1.807, 2.05) is 36.1 Å². The van der Waals surface area contributed by atoms with E-state index in [4.69, 9.17) is 34.1 Å². The number of methoxy groups -OCH3 is 1. The number of hydrogen-bond donors (Lipinski definition) is 1. The van der Waals surface area contributed by atoms with Crippen molar-refractivity contribution in [2.45, 2.75) is 32.4 Å². The number of nitrogens with zero attached hydrogens (tertiary/aromatic N) is 7. The Kier molecular flexibility index (Phi) is 6.54. The first kappa shape index (κ1) is 23.6. The van der Waals surface area contributed by atoms with Crippen molar-refractivity contribution in [3.05, 3.63) is 42.7 Å². The minimum atomic E-state index is -0.0679. The number of nitrogens with one attached hydrogen (secondary N) is 1. The summed E-state index contributed by atoms with van der Waals surface area (Å²) in [5.41, 5.74) is 4.85. The van der Waals surface area contributed by atoms with Crippen LogP contribution >= 0.6 is 0 Å². The van der Waals surface area contributed by atoms with Gasteiger partial charge in [-0.2, -0.15) is 0 Å². The molecule has 11 heteroatoms. The quantitative estimate of drug-likeness (QED) is 0.417. The minimum Gasteiger partial charge on any atom is -0.481 e. The molecule has 192 valence electrons. The molecule has 6 heterocycles. The van der Waals surface area contributed by atoms with Gasteiger partial charge in [-0.1, -0.05) is 0 Å². The van der Waals surface area contributed by atoms with Gasteiger partial charge in [0.1, 0.15) is 29.1 Å². The van der Waals surface area contributed by atoms with E-state index < -0.39 is 0 Å². The molecule has 0 radical (unpaired) electrons. The topological polar surface area (TPSA) is 112 Å². The van der Waals surface area contributed by atoms with Crippen molar-refractivity contribution in [1.29, 1.82) is 0 Å². The van der Waals surface area contributed by atoms with Gasteiger partial charge in [-0.05, 0) is 38.3 Å². The summed E-state index contributed by atoms with van der Waals surface area (Å²) in [5.74, 6) is 1.87. The van der Waals surface area contributed by atoms with Gasteiger partial charge in [0, 0.05) is 31.3 Å². The van der Waals surface area contributed by atoms with Crippen LogP contribution in [0.5, 0.6) is 5.88 Å². The summed E-state index contributed by atoms with van der Waals surface area (Å²) in [4.78, 5) is 25.8. The maximum absolute atomic E-state index is 6.04. The number of fused-ring (bicyclic) bond motifs is 1. The van der Waals surface area contributed by atoms with Gasteiger partial charge in [0.05, 0.1) is 50.4 Å². The second-order valence-corrected chi connectivity index (χ2v) is 9.17. The maximum atomic E-state index is 6.04. The van der Waals surface area contributed by atoms with Crippen molar-refractivity contribution in [1.82, 2.24) is 29.5 Å². The van der Waals surface area contributed by atoms with E-state index in [2.05, 4.69) is 21.3 Å². The largest absolute Gasteiger partial charge is 0.481 e. The molecule has 1 N–H and O–H groups in total. The molecule has 0 bridgehead atoms. The van der Waals surface area contributed by atoms with Crippen LogP contribution in [0.25, 0.3) is 22.4 Å². The lowest BCUT2D eigenvalue weighted by Gasteiger charge is -2.29. The first-order valence-electron chi connectivity index (χ1n) is 12.6. The van der Waals surface area contributed by atoms with E-state index in [1.165, 1.54) is 0 Å². The zero-order valence-electron chi connectivity index (χ0n) is 21.1. The van der Waals surface area contributed by atoms with Crippen LogP contribution < -0.4 is 15.0 Å². The van der Waals surface area contributed by atoms with Crippen LogP contribution in [0.4, 0.5) is 17.2 Å². The summed E-state index contributed by atoms with van der Waals surface area (Å²) < 4.78 is 18.8. The molecule has 4 aromatic rings. The van der Waals surface area contributed by atoms with Crippen molar-refractivity contribution < 1.29 is 14.2 Å². The number of aryl methyl sites for hydroxylation is 1. The molecule has 6 rings (SSSR count). The number of aromatic nitrogens is 6. The summed E-state index contributed by atoms with van der Waals surface area (Å²) in [5, 5.41) is 3.41. The fourth-order valence-electron chi connectivity index (χ4n) is 4.81. The summed E-state index contributed by atoms with van der Waals surface area (Å²) in [6.45, 7) is 5.65. The van der Waals surface area contributed by atoms with E-state index in [1.54, 1.807) is 13.3 Å². The lowest BCUT2D eigenvalue weighted by atomic mass is 10.1. The molecular formula is C26H30N8O3. The van der Waals surface area contributed by atoms with E-state index in [9.17, 15) is 0 Å². The number of hydrogen-bond acceptors (Lipinski definition) is 10. The summed E-state index contributed by atoms with van der Waals surface area (Å²) >= 11 is 0. The summed E-state index contributed by atoms with van der Waals surface area (Å²) in [6.07, 6.45) is 8.49. The van der Waals surface area contributed by atoms with Crippen LogP contribution in [-0.4, -0.2) is 69.5 Å². The molecule has 2 fully saturated rings. The third-order valence-corrected chi connectivity index (χ3v) is 6.71. The van der Waals surface area contributed by atoms with E-state index in [0.717, 1.165) is 72.8 Å². The van der Waals surface area contributed by atoms with Gasteiger partial charge in [-0.3, -0.25) is 4.57 Å². The Hall–Kier alpha value is -3.83. The molecule has 37 heavy (non-hydrogen) atoms. The second kappa shape index (κ2) is 10.3. The number of rotatable bonds is 6. The summed E-state index contributed by atoms with van der Waals surface area (Å²) in [6, 6.07) is 5.83. The highest BCUT2D eigenvalue weighted by Crippen LogP contribution is 2.36. The monoisotopic (exact) mass is 502 g/mol. The van der Waals surface area contributed by atoms with E-state index in [0.29, 0.717) is 30.7 Å². The van der Waals surface area contributed by atoms with Crippen molar-refractivity contribution in [3.63, 3.8) is 0 Å². The number of imidazole rings is 1. The molecule has 2 saturated heterocycles. The SMILES string of the molecule is COc1ccc(Nc2ncc(N3CCOCC3)cc2-c2nc(C)nc3c2ncn3C2CCCCO2)cn1. The van der Waals surface area contributed by atoms with Gasteiger partial charge in [-0.25, -0.2) is 24.9 Å². The zero-order chi connectivity index (χ0) is 25.2. The van der Waals surface area contributed by atoms with E-state index >= 15 is 0 Å². The lowest BCUT2D eigenvalue weighted by molar-refractivity contribution is -0.0298. The van der Waals surface area contributed by atoms with Gasteiger partial charge in [0.15, 0.2) is 5.65 Å². The smallest absolute Gasteiger partial charge is 0.213 e. The average molecular weight is 503 g/mol. The van der Waals surface area contributed by atoms with Crippen molar-refractivity contribution >= 4 is 28.4 Å². The van der Waals surface area contributed by atoms with Crippen LogP contribution in [0.1, 0.15) is 31.3 Å². The molecule has 0 saturated carbocycles. The number of ether oxygens (including phenoxy) is 3. The molecule has 2 aliphatic heterocycles. The molecule has 1 unspecified atom stereocenters. The second-order valence-electron chi connectivity index (χ2n) is 9.17. The van der Waals surface area contributed by atoms with Crippen molar-refractivity contribution in [3.8, 4) is 17.1 Å². The highest BCUT2D eigenvalue weighted by atomic mass is 16.5. The van der Waals surface area contributed by atoms with Gasteiger partial charge in [0.25, 0.3) is 0 Å². The highest BCUT2D eigenvalue weighted by molar-refractivity contribution is 5.93. The normalized spacial score (nSPS) is 18.2. The van der Waals surface area contributed by atoms with Gasteiger partial charge >= 0.3 is 0 Å². The van der Waals surface area contributed by atoms with Crippen molar-refractivity contribution in [2.75, 3.05) is 50.2 Å². The summed E-state index contributed by atoms with van der Waals surface area (Å²) in [7, 11) is 1.60. The van der Waals surface area contributed by atoms with Gasteiger partial charge in [-0.15, -0.1) is 0 Å². The highest BCUT2D eigenvalue weighted by Gasteiger charge is 2.24. The minimum absolute atomic E-state index is 0.0679. The van der Waals surface area contributed by atoms with Crippen LogP contribution in [0, 0.1) is 6.92 Å². The number of pyridine rings is 2. The van der Waals surface area contributed by atoms with Crippen LogP contribution in [0.15, 0.2) is 36.9 Å². The predicted octanol–water partition coefficient (Wildman–Crippen LogP) is 3.88. The molecule has 4 aromatic heterocycles. The van der Waals surface area contributed by atoms with Crippen molar-refractivity contribution in [2.24, 2.45) is 0 Å². The maximum Gasteiger partial charge on any atom is 0.213 e. The molecule has 0 aromatic carbocycles. The Morgan fingerprint density at radius 1 is 1.03 bits per heavy atom. The Morgan fingerprint density at radius 2 is 1.92 bits per heavy atom. The zero-order valence-corrected chi connectivity index (χ0v) is 21.1. The van der Waals surface area contributed by atoms with Crippen LogP contribution in [-0.2, 0) is 9.47 Å². The Balaban J connectivity index is 1.46. The van der Waals surface area contributed by atoms with Crippen LogP contribution in [0.2, 0.25) is 0 Å². The fraction of sp³-hybridized carbons (Fsp3) is 0.423. The lowest BCUT2D eigenvalue weighted by Crippen LogP contribution is -2.36. The number of anilines is 3. The first-order valence-corrected chi connectivity index (χ1v) is 12.6. The predicted molar refractivity (Wildman–Crippen MR) is 139 cm³/mol. The van der Waals surface area contributed by atoms with Crippen LogP contribution in [0.3, 0.4) is 0 Å². The number of morpholine rings is 1. The first-order chi connectivity index (χ1) is 18.2. The molecule has 11 nitrogen and oxygen atoms in total. The molecule has 0 spiro atoms. The van der Waals surface area contributed by atoms with E-state index in [-0.39, 0.29) is 6.23 Å². The van der Waals surface area contributed by atoms with Gasteiger partial charge in [0.2, 0.25) is 5.88 Å². The Labute approximate surface area is 214 Å². The van der Waals surface area contributed by atoms with Gasteiger partial charge < -0.3 is 24.4 Å². The Morgan fingerprint density at radius 3 is 2.68 bits per heavy atom. The third kappa shape index (κ3) is 4.79. The third-order valence-electron chi connectivity index (χ3n) is 6.71. The fourth-order valence-corrected chi connectivity index (χ4v) is 4.81.